The fourth-order valence-electron chi connectivity index (χ4n) is 3.11. The van der Waals surface area contributed by atoms with Crippen LogP contribution in [0.2, 0.25) is 0 Å². The van der Waals surface area contributed by atoms with Gasteiger partial charge >= 0.3 is 0 Å². The Morgan fingerprint density at radius 1 is 0.862 bits per heavy atom. The summed E-state index contributed by atoms with van der Waals surface area (Å²) >= 11 is 0. The Labute approximate surface area is 170 Å². The average Bonchev–Trinajstić information content (AvgIpc) is 2.75. The fraction of sp³-hybridized carbons (Fsp3) is 0.0769. The number of rotatable bonds is 6. The predicted molar refractivity (Wildman–Crippen MR) is 118 cm³/mol. The second-order valence-corrected chi connectivity index (χ2v) is 6.59. The molecule has 0 unspecified atom stereocenters. The number of hydrogen-bond acceptors (Lipinski definition) is 1. The SMILES string of the molecule is C=C/C=C\C(=C/C)N(c1ccccc1)c1ccc(-c2cc(F)c(C)c(F)c2)cc1. The summed E-state index contributed by atoms with van der Waals surface area (Å²) in [7, 11) is 0. The van der Waals surface area contributed by atoms with E-state index in [1.165, 1.54) is 19.1 Å². The van der Waals surface area contributed by atoms with Crippen LogP contribution in [0.4, 0.5) is 20.2 Å². The smallest absolute Gasteiger partial charge is 0.129 e. The van der Waals surface area contributed by atoms with Crippen LogP contribution in [0.25, 0.3) is 11.1 Å². The molecule has 3 rings (SSSR count). The monoisotopic (exact) mass is 387 g/mol. The third-order valence-corrected chi connectivity index (χ3v) is 4.71. The van der Waals surface area contributed by atoms with Crippen molar-refractivity contribution in [3.05, 3.63) is 121 Å². The van der Waals surface area contributed by atoms with Gasteiger partial charge in [-0.15, -0.1) is 0 Å². The molecule has 0 fully saturated rings. The summed E-state index contributed by atoms with van der Waals surface area (Å²) in [6.45, 7) is 7.16. The Morgan fingerprint density at radius 3 is 2.00 bits per heavy atom. The van der Waals surface area contributed by atoms with Crippen LogP contribution >= 0.6 is 0 Å². The Kier molecular flexibility index (Phi) is 6.40. The maximum absolute atomic E-state index is 14.0. The van der Waals surface area contributed by atoms with Crippen molar-refractivity contribution in [1.29, 1.82) is 0 Å². The number of nitrogens with zero attached hydrogens (tertiary/aromatic N) is 1. The number of halogens is 2. The molecule has 1 nitrogen and oxygen atoms in total. The number of hydrogen-bond donors (Lipinski definition) is 0. The number of anilines is 2. The summed E-state index contributed by atoms with van der Waals surface area (Å²) < 4.78 is 27.9. The van der Waals surface area contributed by atoms with Gasteiger partial charge in [-0.25, -0.2) is 8.78 Å². The van der Waals surface area contributed by atoms with Crippen LogP contribution in [0.1, 0.15) is 12.5 Å². The topological polar surface area (TPSA) is 3.24 Å². The van der Waals surface area contributed by atoms with Crippen molar-refractivity contribution in [2.75, 3.05) is 4.90 Å². The van der Waals surface area contributed by atoms with Crippen LogP contribution < -0.4 is 4.90 Å². The van der Waals surface area contributed by atoms with E-state index in [4.69, 9.17) is 0 Å². The molecule has 0 saturated carbocycles. The van der Waals surface area contributed by atoms with Gasteiger partial charge in [0.05, 0.1) is 0 Å². The summed E-state index contributed by atoms with van der Waals surface area (Å²) in [6, 6.07) is 20.4. The van der Waals surface area contributed by atoms with Crippen LogP contribution in [-0.4, -0.2) is 0 Å². The van der Waals surface area contributed by atoms with Crippen LogP contribution in [0, 0.1) is 18.6 Å². The number of allylic oxidation sites excluding steroid dienone is 4. The zero-order chi connectivity index (χ0) is 20.8. The van der Waals surface area contributed by atoms with Gasteiger partial charge in [-0.1, -0.05) is 55.1 Å². The van der Waals surface area contributed by atoms with E-state index in [1.807, 2.05) is 79.7 Å². The van der Waals surface area contributed by atoms with Crippen LogP contribution in [-0.2, 0) is 0 Å². The third-order valence-electron chi connectivity index (χ3n) is 4.71. The zero-order valence-corrected chi connectivity index (χ0v) is 16.6. The molecular weight excluding hydrogens is 364 g/mol. The molecule has 0 bridgehead atoms. The zero-order valence-electron chi connectivity index (χ0n) is 16.6. The predicted octanol–water partition coefficient (Wildman–Crippen LogP) is 7.72. The molecule has 0 saturated heterocycles. The lowest BCUT2D eigenvalue weighted by Gasteiger charge is -2.26. The van der Waals surface area contributed by atoms with Crippen molar-refractivity contribution < 1.29 is 8.78 Å². The summed E-state index contributed by atoms with van der Waals surface area (Å²) in [4.78, 5) is 2.11. The standard InChI is InChI=1S/C26H23F2N/c1-4-6-10-22(5-2)29(23-11-8-7-9-12-23)24-15-13-20(14-16-24)21-17-25(27)19(3)26(28)18-21/h4-18H,1H2,2-3H3/b10-6-,22-5+. The van der Waals surface area contributed by atoms with Crippen LogP contribution in [0.3, 0.4) is 0 Å². The lowest BCUT2D eigenvalue weighted by molar-refractivity contribution is 0.569. The second kappa shape index (κ2) is 9.16. The van der Waals surface area contributed by atoms with Gasteiger partial charge in [0, 0.05) is 22.6 Å². The van der Waals surface area contributed by atoms with E-state index in [2.05, 4.69) is 11.5 Å². The highest BCUT2D eigenvalue weighted by Crippen LogP contribution is 2.32. The maximum Gasteiger partial charge on any atom is 0.129 e. The molecule has 146 valence electrons. The Bertz CT molecular complexity index is 1020. The molecule has 0 N–H and O–H groups in total. The van der Waals surface area contributed by atoms with E-state index in [0.29, 0.717) is 5.56 Å². The molecule has 0 spiro atoms. The third kappa shape index (κ3) is 4.52. The lowest BCUT2D eigenvalue weighted by atomic mass is 10.0. The molecule has 0 aliphatic carbocycles. The van der Waals surface area contributed by atoms with Crippen molar-refractivity contribution in [2.45, 2.75) is 13.8 Å². The molecule has 0 amide bonds. The van der Waals surface area contributed by atoms with Crippen molar-refractivity contribution in [1.82, 2.24) is 0 Å². The minimum absolute atomic E-state index is 0.0346. The van der Waals surface area contributed by atoms with E-state index in [0.717, 1.165) is 22.6 Å². The molecule has 0 heterocycles. The van der Waals surface area contributed by atoms with Gasteiger partial charge in [0.15, 0.2) is 0 Å². The van der Waals surface area contributed by atoms with E-state index in [-0.39, 0.29) is 5.56 Å². The van der Waals surface area contributed by atoms with Gasteiger partial charge < -0.3 is 4.90 Å². The molecule has 3 aromatic carbocycles. The number of benzene rings is 3. The van der Waals surface area contributed by atoms with Crippen LogP contribution in [0.5, 0.6) is 0 Å². The first-order valence-corrected chi connectivity index (χ1v) is 9.42. The van der Waals surface area contributed by atoms with Crippen molar-refractivity contribution in [2.24, 2.45) is 0 Å². The van der Waals surface area contributed by atoms with E-state index in [1.54, 1.807) is 6.08 Å². The molecule has 29 heavy (non-hydrogen) atoms. The fourth-order valence-corrected chi connectivity index (χ4v) is 3.11. The molecule has 0 atom stereocenters. The molecule has 0 aliphatic rings. The highest BCUT2D eigenvalue weighted by molar-refractivity contribution is 5.73. The largest absolute Gasteiger partial charge is 0.311 e. The Hall–Kier alpha value is -3.46. The van der Waals surface area contributed by atoms with Crippen molar-refractivity contribution >= 4 is 11.4 Å². The quantitative estimate of drug-likeness (QED) is 0.391. The maximum atomic E-state index is 14.0. The van der Waals surface area contributed by atoms with Crippen LogP contribution in [0.15, 0.2) is 103 Å². The molecule has 0 aromatic heterocycles. The summed E-state index contributed by atoms with van der Waals surface area (Å²) in [5, 5.41) is 0. The van der Waals surface area contributed by atoms with Gasteiger partial charge in [0.2, 0.25) is 0 Å². The lowest BCUT2D eigenvalue weighted by Crippen LogP contribution is -2.14. The van der Waals surface area contributed by atoms with Gasteiger partial charge in [-0.2, -0.15) is 0 Å². The normalized spacial score (nSPS) is 11.7. The van der Waals surface area contributed by atoms with E-state index in [9.17, 15) is 8.78 Å². The van der Waals surface area contributed by atoms with Gasteiger partial charge in [0.25, 0.3) is 0 Å². The Morgan fingerprint density at radius 2 is 1.45 bits per heavy atom. The Balaban J connectivity index is 2.04. The highest BCUT2D eigenvalue weighted by Gasteiger charge is 2.13. The minimum Gasteiger partial charge on any atom is -0.311 e. The van der Waals surface area contributed by atoms with Crippen molar-refractivity contribution in [3.8, 4) is 11.1 Å². The summed E-state index contributed by atoms with van der Waals surface area (Å²) in [6.07, 6.45) is 7.62. The number of para-hydroxylation sites is 1. The second-order valence-electron chi connectivity index (χ2n) is 6.59. The minimum atomic E-state index is -0.541. The van der Waals surface area contributed by atoms with Gasteiger partial charge in [-0.05, 0) is 67.4 Å². The first-order valence-electron chi connectivity index (χ1n) is 9.42. The molecule has 0 radical (unpaired) electrons. The van der Waals surface area contributed by atoms with E-state index >= 15 is 0 Å². The highest BCUT2D eigenvalue weighted by atomic mass is 19.1. The molecule has 0 aliphatic heterocycles. The summed E-state index contributed by atoms with van der Waals surface area (Å²) in [5.74, 6) is -1.08. The van der Waals surface area contributed by atoms with Crippen molar-refractivity contribution in [3.63, 3.8) is 0 Å². The average molecular weight is 387 g/mol. The first kappa shape index (κ1) is 20.3. The summed E-state index contributed by atoms with van der Waals surface area (Å²) in [5.41, 5.74) is 4.23. The molecular formula is C26H23F2N. The van der Waals surface area contributed by atoms with E-state index < -0.39 is 11.6 Å². The van der Waals surface area contributed by atoms with Gasteiger partial charge in [-0.3, -0.25) is 0 Å². The van der Waals surface area contributed by atoms with Gasteiger partial charge in [0.1, 0.15) is 11.6 Å². The first-order chi connectivity index (χ1) is 14.0. The molecule has 3 heteroatoms. The molecule has 3 aromatic rings.